The van der Waals surface area contributed by atoms with Crippen molar-refractivity contribution < 1.29 is 9.53 Å². The van der Waals surface area contributed by atoms with Crippen molar-refractivity contribution in [3.8, 4) is 17.1 Å². The predicted molar refractivity (Wildman–Crippen MR) is 109 cm³/mol. The van der Waals surface area contributed by atoms with Crippen LogP contribution in [0.15, 0.2) is 47.3 Å². The van der Waals surface area contributed by atoms with Crippen molar-refractivity contribution in [2.75, 3.05) is 0 Å². The van der Waals surface area contributed by atoms with Gasteiger partial charge in [-0.3, -0.25) is 9.59 Å². The monoisotopic (exact) mass is 391 g/mol. The first-order valence-corrected chi connectivity index (χ1v) is 9.50. The molecule has 2 heterocycles. The second-order valence-electron chi connectivity index (χ2n) is 6.49. The van der Waals surface area contributed by atoms with Crippen LogP contribution in [0.5, 0.6) is 5.75 Å². The minimum atomic E-state index is -0.357. The molecule has 0 amide bonds. The highest BCUT2D eigenvalue weighted by Crippen LogP contribution is 2.25. The second kappa shape index (κ2) is 7.01. The average Bonchev–Trinajstić information content (AvgIpc) is 3.19. The Hall–Kier alpha value is -3.32. The summed E-state index contributed by atoms with van der Waals surface area (Å²) in [6.07, 6.45) is 1.81. The summed E-state index contributed by atoms with van der Waals surface area (Å²) in [7, 11) is 0. The largest absolute Gasteiger partial charge is 0.426 e. The molecule has 140 valence electrons. The van der Waals surface area contributed by atoms with Gasteiger partial charge in [0.2, 0.25) is 4.96 Å². The van der Waals surface area contributed by atoms with E-state index in [2.05, 4.69) is 10.1 Å². The molecule has 7 heteroatoms. The number of benzene rings is 2. The van der Waals surface area contributed by atoms with Crippen LogP contribution < -0.4 is 14.8 Å². The van der Waals surface area contributed by atoms with E-state index in [-0.39, 0.29) is 11.5 Å². The summed E-state index contributed by atoms with van der Waals surface area (Å²) in [5, 5.41) is 4.35. The van der Waals surface area contributed by atoms with Gasteiger partial charge in [-0.05, 0) is 48.7 Å². The first-order chi connectivity index (χ1) is 13.4. The van der Waals surface area contributed by atoms with E-state index >= 15 is 0 Å². The van der Waals surface area contributed by atoms with Gasteiger partial charge >= 0.3 is 5.97 Å². The maximum Gasteiger partial charge on any atom is 0.308 e. The summed E-state index contributed by atoms with van der Waals surface area (Å²) in [5.74, 6) is 0.736. The second-order valence-corrected chi connectivity index (χ2v) is 7.50. The van der Waals surface area contributed by atoms with Crippen LogP contribution in [0, 0.1) is 13.8 Å². The van der Waals surface area contributed by atoms with E-state index in [0.29, 0.717) is 21.1 Å². The molecule has 0 radical (unpaired) electrons. The highest BCUT2D eigenvalue weighted by molar-refractivity contribution is 7.15. The van der Waals surface area contributed by atoms with Gasteiger partial charge in [0.25, 0.3) is 5.56 Å². The molecule has 28 heavy (non-hydrogen) atoms. The fourth-order valence-corrected chi connectivity index (χ4v) is 3.97. The molecule has 0 bridgehead atoms. The summed E-state index contributed by atoms with van der Waals surface area (Å²) in [4.78, 5) is 29.0. The van der Waals surface area contributed by atoms with Crippen molar-refractivity contribution in [3.05, 3.63) is 74.0 Å². The maximum absolute atomic E-state index is 12.7. The van der Waals surface area contributed by atoms with Crippen molar-refractivity contribution in [1.82, 2.24) is 14.6 Å². The van der Waals surface area contributed by atoms with Crippen LogP contribution in [0.25, 0.3) is 22.4 Å². The van der Waals surface area contributed by atoms with Crippen molar-refractivity contribution in [3.63, 3.8) is 0 Å². The number of carbonyl (C=O) groups excluding carboxylic acids is 1. The predicted octanol–water partition coefficient (Wildman–Crippen LogP) is 2.91. The number of carbonyl (C=O) groups is 1. The third-order valence-electron chi connectivity index (χ3n) is 4.24. The zero-order chi connectivity index (χ0) is 19.8. The van der Waals surface area contributed by atoms with Gasteiger partial charge in [-0.25, -0.2) is 0 Å². The Morgan fingerprint density at radius 1 is 1.14 bits per heavy atom. The Morgan fingerprint density at radius 3 is 2.43 bits per heavy atom. The van der Waals surface area contributed by atoms with Gasteiger partial charge in [-0.15, -0.1) is 5.10 Å². The number of thiazole rings is 1. The highest BCUT2D eigenvalue weighted by atomic mass is 32.1. The fraction of sp³-hybridized carbons (Fsp3) is 0.143. The van der Waals surface area contributed by atoms with Crippen LogP contribution in [0.3, 0.4) is 0 Å². The van der Waals surface area contributed by atoms with Crippen molar-refractivity contribution >= 4 is 28.3 Å². The van der Waals surface area contributed by atoms with Crippen LogP contribution >= 0.6 is 11.3 Å². The van der Waals surface area contributed by atoms with E-state index in [1.54, 1.807) is 0 Å². The average molecular weight is 391 g/mol. The molecular weight excluding hydrogens is 374 g/mol. The summed E-state index contributed by atoms with van der Waals surface area (Å²) in [6, 6.07) is 13.3. The molecule has 4 aromatic rings. The molecule has 0 aliphatic carbocycles. The lowest BCUT2D eigenvalue weighted by atomic mass is 10.1. The molecule has 0 N–H and O–H groups in total. The Labute approximate surface area is 164 Å². The molecule has 2 aromatic heterocycles. The smallest absolute Gasteiger partial charge is 0.308 e. The van der Waals surface area contributed by atoms with E-state index in [1.165, 1.54) is 22.8 Å². The summed E-state index contributed by atoms with van der Waals surface area (Å²) in [5.41, 5.74) is 3.19. The lowest BCUT2D eigenvalue weighted by Gasteiger charge is -2.10. The van der Waals surface area contributed by atoms with Crippen LogP contribution in [-0.4, -0.2) is 20.6 Å². The van der Waals surface area contributed by atoms with Gasteiger partial charge in [0.1, 0.15) is 5.75 Å². The minimum Gasteiger partial charge on any atom is -0.426 e. The minimum absolute atomic E-state index is 0.200. The Balaban J connectivity index is 1.76. The molecule has 0 unspecified atom stereocenters. The zero-order valence-electron chi connectivity index (χ0n) is 15.6. The molecule has 0 aliphatic heterocycles. The first kappa shape index (κ1) is 18.1. The topological polar surface area (TPSA) is 73.6 Å². The maximum atomic E-state index is 12.7. The molecule has 0 saturated heterocycles. The molecule has 2 aromatic carbocycles. The van der Waals surface area contributed by atoms with Gasteiger partial charge in [0, 0.05) is 12.5 Å². The molecule has 0 saturated carbocycles. The molecule has 0 aliphatic rings. The molecule has 4 rings (SSSR count). The molecule has 0 fully saturated rings. The third kappa shape index (κ3) is 3.32. The Bertz CT molecular complexity index is 1280. The van der Waals surface area contributed by atoms with Crippen LogP contribution in [-0.2, 0) is 4.79 Å². The quantitative estimate of drug-likeness (QED) is 0.397. The van der Waals surface area contributed by atoms with E-state index in [4.69, 9.17) is 4.74 Å². The summed E-state index contributed by atoms with van der Waals surface area (Å²) < 4.78 is 7.15. The number of rotatable bonds is 3. The summed E-state index contributed by atoms with van der Waals surface area (Å²) >= 11 is 1.30. The Kier molecular flexibility index (Phi) is 4.52. The van der Waals surface area contributed by atoms with E-state index in [9.17, 15) is 9.59 Å². The number of aromatic nitrogens is 3. The molecular formula is C21H17N3O3S. The van der Waals surface area contributed by atoms with Gasteiger partial charge in [0.05, 0.1) is 4.53 Å². The molecule has 0 spiro atoms. The van der Waals surface area contributed by atoms with Gasteiger partial charge < -0.3 is 4.74 Å². The SMILES string of the molecule is CC(=O)Oc1c(C)cc(/C=c2\sc3nc(-c4ccccc4)nn3c2=O)cc1C. The standard InChI is InChI=1S/C21H17N3O3S/c1-12-9-15(10-13(2)18(12)27-14(3)25)11-17-20(26)24-21(28-17)22-19(23-24)16-7-5-4-6-8-16/h4-11H,1-3H3/b17-11-. The van der Waals surface area contributed by atoms with E-state index < -0.39 is 0 Å². The first-order valence-electron chi connectivity index (χ1n) is 8.69. The number of fused-ring (bicyclic) bond motifs is 1. The van der Waals surface area contributed by atoms with Crippen LogP contribution in [0.4, 0.5) is 0 Å². The number of nitrogens with zero attached hydrogens (tertiary/aromatic N) is 3. The van der Waals surface area contributed by atoms with Crippen molar-refractivity contribution in [1.29, 1.82) is 0 Å². The normalized spacial score (nSPS) is 11.9. The lowest BCUT2D eigenvalue weighted by molar-refractivity contribution is -0.131. The molecule has 6 nitrogen and oxygen atoms in total. The van der Waals surface area contributed by atoms with Crippen molar-refractivity contribution in [2.24, 2.45) is 0 Å². The van der Waals surface area contributed by atoms with Crippen LogP contribution in [0.2, 0.25) is 0 Å². The summed E-state index contributed by atoms with van der Waals surface area (Å²) in [6.45, 7) is 5.12. The highest BCUT2D eigenvalue weighted by Gasteiger charge is 2.12. The number of aryl methyl sites for hydroxylation is 2. The number of hydrogen-bond acceptors (Lipinski definition) is 6. The van der Waals surface area contributed by atoms with Gasteiger partial charge in [-0.1, -0.05) is 41.7 Å². The van der Waals surface area contributed by atoms with E-state index in [1.807, 2.05) is 62.4 Å². The third-order valence-corrected chi connectivity index (χ3v) is 5.20. The number of ether oxygens (including phenoxy) is 1. The number of esters is 1. The van der Waals surface area contributed by atoms with Crippen molar-refractivity contribution in [2.45, 2.75) is 20.8 Å². The number of hydrogen-bond donors (Lipinski definition) is 0. The zero-order valence-corrected chi connectivity index (χ0v) is 16.4. The Morgan fingerprint density at radius 2 is 1.82 bits per heavy atom. The van der Waals surface area contributed by atoms with Gasteiger partial charge in [0.15, 0.2) is 5.82 Å². The lowest BCUT2D eigenvalue weighted by Crippen LogP contribution is -2.23. The molecule has 0 atom stereocenters. The fourth-order valence-electron chi connectivity index (χ4n) is 3.07. The van der Waals surface area contributed by atoms with Gasteiger partial charge in [-0.2, -0.15) is 9.50 Å². The van der Waals surface area contributed by atoms with E-state index in [0.717, 1.165) is 22.3 Å². The van der Waals surface area contributed by atoms with Crippen LogP contribution in [0.1, 0.15) is 23.6 Å².